The number of aromatic nitrogens is 1. The lowest BCUT2D eigenvalue weighted by Crippen LogP contribution is -2.30. The van der Waals surface area contributed by atoms with Crippen molar-refractivity contribution in [2.24, 2.45) is 0 Å². The molecule has 0 aromatic carbocycles. The fourth-order valence-electron chi connectivity index (χ4n) is 3.43. The molecule has 2 aromatic rings. The van der Waals surface area contributed by atoms with E-state index in [2.05, 4.69) is 18.4 Å². The van der Waals surface area contributed by atoms with E-state index in [-0.39, 0.29) is 11.5 Å². The first-order chi connectivity index (χ1) is 12.7. The number of carbonyl (C=O) groups excluding carboxylic acids is 1. The molecule has 4 nitrogen and oxygen atoms in total. The fourth-order valence-corrected chi connectivity index (χ4v) is 5.64. The topological polar surface area (TPSA) is 48.3 Å². The molecule has 3 rings (SSSR count). The van der Waals surface area contributed by atoms with E-state index in [4.69, 9.17) is 4.74 Å². The smallest absolute Gasteiger partial charge is 0.329 e. The predicted molar refractivity (Wildman–Crippen MR) is 108 cm³/mol. The highest BCUT2D eigenvalue weighted by molar-refractivity contribution is 7.99. The van der Waals surface area contributed by atoms with E-state index >= 15 is 0 Å². The molecule has 140 valence electrons. The van der Waals surface area contributed by atoms with Gasteiger partial charge in [0.1, 0.15) is 6.04 Å². The Morgan fingerprint density at radius 3 is 2.81 bits per heavy atom. The summed E-state index contributed by atoms with van der Waals surface area (Å²) in [7, 11) is 1.38. The number of ether oxygens (including phenoxy) is 1. The number of hydrogen-bond acceptors (Lipinski definition) is 5. The van der Waals surface area contributed by atoms with E-state index in [0.29, 0.717) is 5.75 Å². The van der Waals surface area contributed by atoms with Crippen LogP contribution in [0.3, 0.4) is 0 Å². The van der Waals surface area contributed by atoms with Gasteiger partial charge < -0.3 is 4.74 Å². The lowest BCUT2D eigenvalue weighted by Gasteiger charge is -2.16. The zero-order valence-electron chi connectivity index (χ0n) is 15.3. The van der Waals surface area contributed by atoms with Crippen LogP contribution >= 0.6 is 23.1 Å². The Balaban J connectivity index is 1.97. The van der Waals surface area contributed by atoms with Crippen molar-refractivity contribution in [1.29, 1.82) is 0 Å². The van der Waals surface area contributed by atoms with Crippen LogP contribution in [-0.4, -0.2) is 23.4 Å². The third-order valence-corrected chi connectivity index (χ3v) is 6.81. The lowest BCUT2D eigenvalue weighted by molar-refractivity contribution is -0.143. The van der Waals surface area contributed by atoms with Crippen molar-refractivity contribution < 1.29 is 9.53 Å². The molecule has 0 bridgehead atoms. The summed E-state index contributed by atoms with van der Waals surface area (Å²) in [5.41, 5.74) is 2.15. The van der Waals surface area contributed by atoms with E-state index in [0.717, 1.165) is 33.9 Å². The second kappa shape index (κ2) is 8.91. The van der Waals surface area contributed by atoms with Crippen molar-refractivity contribution in [2.75, 3.05) is 12.9 Å². The molecule has 0 unspecified atom stereocenters. The van der Waals surface area contributed by atoms with E-state index in [1.807, 2.05) is 6.07 Å². The molecule has 0 aliphatic carbocycles. The average Bonchev–Trinajstić information content (AvgIpc) is 3.31. The highest BCUT2D eigenvalue weighted by Crippen LogP contribution is 2.42. The Bertz CT molecular complexity index is 811. The Morgan fingerprint density at radius 1 is 1.31 bits per heavy atom. The van der Waals surface area contributed by atoms with E-state index in [9.17, 15) is 9.59 Å². The molecule has 1 atom stereocenters. The van der Waals surface area contributed by atoms with Gasteiger partial charge in [-0.15, -0.1) is 23.1 Å². The number of unbranched alkanes of at least 4 members (excludes halogenated alkanes) is 4. The van der Waals surface area contributed by atoms with Gasteiger partial charge in [0.2, 0.25) is 0 Å². The highest BCUT2D eigenvalue weighted by atomic mass is 32.2. The minimum absolute atomic E-state index is 0.0933. The number of thioether (sulfide) groups is 1. The minimum atomic E-state index is -0.523. The molecule has 26 heavy (non-hydrogen) atoms. The molecular formula is C20H25NO3S2. The van der Waals surface area contributed by atoms with Gasteiger partial charge >= 0.3 is 5.97 Å². The maximum absolute atomic E-state index is 12.8. The fraction of sp³-hybridized carbons (Fsp3) is 0.500. The zero-order chi connectivity index (χ0) is 18.5. The van der Waals surface area contributed by atoms with Gasteiger partial charge in [-0.1, -0.05) is 38.7 Å². The van der Waals surface area contributed by atoms with Crippen molar-refractivity contribution in [3.63, 3.8) is 0 Å². The van der Waals surface area contributed by atoms with Crippen molar-refractivity contribution in [2.45, 2.75) is 56.5 Å². The first-order valence-corrected chi connectivity index (χ1v) is 11.1. The van der Waals surface area contributed by atoms with Crippen LogP contribution < -0.4 is 5.56 Å². The predicted octanol–water partition coefficient (Wildman–Crippen LogP) is 4.91. The van der Waals surface area contributed by atoms with Gasteiger partial charge in [0.05, 0.1) is 12.1 Å². The molecule has 0 fully saturated rings. The summed E-state index contributed by atoms with van der Waals surface area (Å²) in [6, 6.07) is 5.34. The van der Waals surface area contributed by atoms with Gasteiger partial charge in [-0.3, -0.25) is 9.36 Å². The molecule has 0 radical (unpaired) electrons. The van der Waals surface area contributed by atoms with Crippen LogP contribution in [0.2, 0.25) is 0 Å². The molecule has 1 aliphatic heterocycles. The zero-order valence-corrected chi connectivity index (χ0v) is 17.0. The monoisotopic (exact) mass is 391 g/mol. The Hall–Kier alpha value is -1.53. The Kier molecular flexibility index (Phi) is 6.59. The third-order valence-electron chi connectivity index (χ3n) is 4.77. The van der Waals surface area contributed by atoms with E-state index in [1.165, 1.54) is 32.8 Å². The normalized spacial score (nSPS) is 15.8. The van der Waals surface area contributed by atoms with Gasteiger partial charge in [-0.05, 0) is 29.9 Å². The number of pyridine rings is 1. The maximum Gasteiger partial charge on any atom is 0.329 e. The summed E-state index contributed by atoms with van der Waals surface area (Å²) < 4.78 is 6.53. The van der Waals surface area contributed by atoms with E-state index in [1.54, 1.807) is 33.7 Å². The molecule has 0 spiro atoms. The number of thiophene rings is 1. The number of carbonyl (C=O) groups is 1. The van der Waals surface area contributed by atoms with Crippen LogP contribution in [0.4, 0.5) is 0 Å². The molecule has 0 amide bonds. The summed E-state index contributed by atoms with van der Waals surface area (Å²) in [4.78, 5) is 26.0. The number of aryl methyl sites for hydroxylation is 1. The summed E-state index contributed by atoms with van der Waals surface area (Å²) in [6.45, 7) is 2.21. The number of rotatable bonds is 8. The number of hydrogen-bond donors (Lipinski definition) is 0. The molecule has 0 N–H and O–H groups in total. The standard InChI is InChI=1S/C20H25NO3S2/c1-3-4-5-6-7-9-14-12-17(22)21-15(20(23)24-2)13-26-19(21)18(14)16-10-8-11-25-16/h8,10-12,15H,3-7,9,13H2,1-2H3/t15-/m0/s1. The molecule has 1 aliphatic rings. The van der Waals surface area contributed by atoms with Crippen LogP contribution in [0.15, 0.2) is 33.4 Å². The van der Waals surface area contributed by atoms with Crippen molar-refractivity contribution in [3.8, 4) is 10.4 Å². The Morgan fingerprint density at radius 2 is 2.12 bits per heavy atom. The summed E-state index contributed by atoms with van der Waals surface area (Å²) in [6.07, 6.45) is 6.92. The summed E-state index contributed by atoms with van der Waals surface area (Å²) in [5, 5.41) is 2.97. The van der Waals surface area contributed by atoms with Crippen LogP contribution in [0, 0.1) is 0 Å². The first-order valence-electron chi connectivity index (χ1n) is 9.20. The van der Waals surface area contributed by atoms with Crippen molar-refractivity contribution in [1.82, 2.24) is 4.57 Å². The number of esters is 1. The highest BCUT2D eigenvalue weighted by Gasteiger charge is 2.33. The maximum atomic E-state index is 12.8. The molecular weight excluding hydrogens is 366 g/mol. The largest absolute Gasteiger partial charge is 0.467 e. The first kappa shape index (κ1) is 19.2. The van der Waals surface area contributed by atoms with Gasteiger partial charge in [0, 0.05) is 22.3 Å². The summed E-state index contributed by atoms with van der Waals surface area (Å²) in [5.74, 6) is 0.211. The van der Waals surface area contributed by atoms with E-state index < -0.39 is 6.04 Å². The van der Waals surface area contributed by atoms with Gasteiger partial charge in [-0.2, -0.15) is 0 Å². The minimum Gasteiger partial charge on any atom is -0.467 e. The number of methoxy groups -OCH3 is 1. The molecule has 3 heterocycles. The summed E-state index contributed by atoms with van der Waals surface area (Å²) >= 11 is 3.27. The lowest BCUT2D eigenvalue weighted by atomic mass is 10.0. The number of fused-ring (bicyclic) bond motifs is 1. The number of nitrogens with zero attached hydrogens (tertiary/aromatic N) is 1. The van der Waals surface area contributed by atoms with Crippen molar-refractivity contribution in [3.05, 3.63) is 39.5 Å². The van der Waals surface area contributed by atoms with Crippen LogP contribution in [-0.2, 0) is 16.0 Å². The van der Waals surface area contributed by atoms with Crippen molar-refractivity contribution >= 4 is 29.1 Å². The van der Waals surface area contributed by atoms with Crippen LogP contribution in [0.1, 0.15) is 50.6 Å². The van der Waals surface area contributed by atoms with Gasteiger partial charge in [0.25, 0.3) is 5.56 Å². The molecule has 2 aromatic heterocycles. The second-order valence-electron chi connectivity index (χ2n) is 6.55. The second-order valence-corrected chi connectivity index (χ2v) is 8.51. The quantitative estimate of drug-likeness (QED) is 0.474. The van der Waals surface area contributed by atoms with Gasteiger partial charge in [-0.25, -0.2) is 4.79 Å². The van der Waals surface area contributed by atoms with Crippen LogP contribution in [0.5, 0.6) is 0 Å². The third kappa shape index (κ3) is 3.91. The Labute approximate surface area is 162 Å². The molecule has 0 saturated heterocycles. The average molecular weight is 392 g/mol. The molecule has 6 heteroatoms. The SMILES string of the molecule is CCCCCCCc1cc(=O)n2c(c1-c1cccs1)SC[C@H]2C(=O)OC. The molecule has 0 saturated carbocycles. The van der Waals surface area contributed by atoms with Crippen LogP contribution in [0.25, 0.3) is 10.4 Å². The van der Waals surface area contributed by atoms with Gasteiger partial charge in [0.15, 0.2) is 0 Å².